The number of amides is 1. The SMILES string of the molecule is Cc1ccc(Cn2ncc3c(C(=O)Nc4ccccc4N(C)C)cc(C)nc32)cc1. The fourth-order valence-corrected chi connectivity index (χ4v) is 3.50. The number of aryl methyl sites for hydroxylation is 2. The Morgan fingerprint density at radius 2 is 1.80 bits per heavy atom. The van der Waals surface area contributed by atoms with Crippen molar-refractivity contribution in [2.75, 3.05) is 24.3 Å². The summed E-state index contributed by atoms with van der Waals surface area (Å²) >= 11 is 0. The van der Waals surface area contributed by atoms with Gasteiger partial charge in [0.15, 0.2) is 5.65 Å². The Morgan fingerprint density at radius 1 is 1.07 bits per heavy atom. The summed E-state index contributed by atoms with van der Waals surface area (Å²) in [5.74, 6) is -0.172. The highest BCUT2D eigenvalue weighted by Crippen LogP contribution is 2.26. The molecule has 0 radical (unpaired) electrons. The molecule has 1 N–H and O–H groups in total. The number of anilines is 2. The lowest BCUT2D eigenvalue weighted by molar-refractivity contribution is 0.102. The van der Waals surface area contributed by atoms with Gasteiger partial charge in [0, 0.05) is 19.8 Å². The molecule has 4 aromatic rings. The monoisotopic (exact) mass is 399 g/mol. The van der Waals surface area contributed by atoms with E-state index < -0.39 is 0 Å². The van der Waals surface area contributed by atoms with Gasteiger partial charge < -0.3 is 10.2 Å². The zero-order chi connectivity index (χ0) is 21.3. The number of carbonyl (C=O) groups is 1. The molecule has 2 aromatic carbocycles. The van der Waals surface area contributed by atoms with Gasteiger partial charge in [-0.25, -0.2) is 9.67 Å². The molecule has 4 rings (SSSR count). The van der Waals surface area contributed by atoms with Gasteiger partial charge in [-0.15, -0.1) is 0 Å². The number of fused-ring (bicyclic) bond motifs is 1. The van der Waals surface area contributed by atoms with Crippen molar-refractivity contribution in [3.8, 4) is 0 Å². The minimum atomic E-state index is -0.172. The largest absolute Gasteiger partial charge is 0.376 e. The Bertz CT molecular complexity index is 1210. The van der Waals surface area contributed by atoms with E-state index in [1.165, 1.54) is 5.56 Å². The van der Waals surface area contributed by atoms with E-state index in [2.05, 4.69) is 46.6 Å². The second kappa shape index (κ2) is 7.99. The minimum absolute atomic E-state index is 0.172. The van der Waals surface area contributed by atoms with Gasteiger partial charge in [0.25, 0.3) is 5.91 Å². The zero-order valence-electron chi connectivity index (χ0n) is 17.7. The average molecular weight is 399 g/mol. The van der Waals surface area contributed by atoms with Crippen LogP contribution >= 0.6 is 0 Å². The molecule has 6 heteroatoms. The summed E-state index contributed by atoms with van der Waals surface area (Å²) in [5, 5.41) is 8.31. The number of benzene rings is 2. The summed E-state index contributed by atoms with van der Waals surface area (Å²) in [5.41, 5.74) is 6.13. The normalized spacial score (nSPS) is 10.9. The third kappa shape index (κ3) is 3.89. The summed E-state index contributed by atoms with van der Waals surface area (Å²) in [6, 6.07) is 17.9. The number of aromatic nitrogens is 3. The van der Waals surface area contributed by atoms with Crippen LogP contribution in [0.1, 0.15) is 27.2 Å². The number of carbonyl (C=O) groups excluding carboxylic acids is 1. The molecule has 6 nitrogen and oxygen atoms in total. The van der Waals surface area contributed by atoms with Gasteiger partial charge in [0.1, 0.15) is 0 Å². The Labute approximate surface area is 176 Å². The van der Waals surface area contributed by atoms with Crippen molar-refractivity contribution in [3.05, 3.63) is 83.2 Å². The van der Waals surface area contributed by atoms with Crippen LogP contribution in [0.5, 0.6) is 0 Å². The Hall–Kier alpha value is -3.67. The molecule has 2 aromatic heterocycles. The van der Waals surface area contributed by atoms with Crippen molar-refractivity contribution in [3.63, 3.8) is 0 Å². The lowest BCUT2D eigenvalue weighted by Gasteiger charge is -2.18. The average Bonchev–Trinajstić information content (AvgIpc) is 3.11. The number of para-hydroxylation sites is 2. The maximum absolute atomic E-state index is 13.2. The molecule has 0 spiro atoms. The molecule has 0 atom stereocenters. The molecule has 1 amide bonds. The van der Waals surface area contributed by atoms with E-state index in [1.807, 2.05) is 60.9 Å². The third-order valence-corrected chi connectivity index (χ3v) is 5.07. The lowest BCUT2D eigenvalue weighted by Crippen LogP contribution is -2.17. The van der Waals surface area contributed by atoms with Gasteiger partial charge in [-0.1, -0.05) is 42.0 Å². The first-order valence-corrected chi connectivity index (χ1v) is 9.89. The second-order valence-corrected chi connectivity index (χ2v) is 7.70. The summed E-state index contributed by atoms with van der Waals surface area (Å²) in [4.78, 5) is 19.8. The van der Waals surface area contributed by atoms with Gasteiger partial charge in [-0.3, -0.25) is 4.79 Å². The summed E-state index contributed by atoms with van der Waals surface area (Å²) in [6.07, 6.45) is 1.72. The zero-order valence-corrected chi connectivity index (χ0v) is 17.7. The number of pyridine rings is 1. The van der Waals surface area contributed by atoms with Crippen LogP contribution in [0.4, 0.5) is 11.4 Å². The highest BCUT2D eigenvalue weighted by molar-refractivity contribution is 6.12. The van der Waals surface area contributed by atoms with Crippen molar-refractivity contribution >= 4 is 28.3 Å². The molecule has 2 heterocycles. The fourth-order valence-electron chi connectivity index (χ4n) is 3.50. The minimum Gasteiger partial charge on any atom is -0.376 e. The first-order valence-electron chi connectivity index (χ1n) is 9.89. The summed E-state index contributed by atoms with van der Waals surface area (Å²) in [6.45, 7) is 4.56. The Balaban J connectivity index is 1.69. The molecule has 0 fully saturated rings. The second-order valence-electron chi connectivity index (χ2n) is 7.70. The van der Waals surface area contributed by atoms with E-state index in [0.29, 0.717) is 17.8 Å². The van der Waals surface area contributed by atoms with E-state index in [4.69, 9.17) is 0 Å². The molecule has 0 aliphatic rings. The molecule has 0 unspecified atom stereocenters. The number of nitrogens with one attached hydrogen (secondary N) is 1. The van der Waals surface area contributed by atoms with Gasteiger partial charge in [0.2, 0.25) is 0 Å². The van der Waals surface area contributed by atoms with Crippen LogP contribution in [0, 0.1) is 13.8 Å². The Kier molecular flexibility index (Phi) is 5.23. The van der Waals surface area contributed by atoms with E-state index in [-0.39, 0.29) is 5.91 Å². The van der Waals surface area contributed by atoms with Crippen molar-refractivity contribution < 1.29 is 4.79 Å². The van der Waals surface area contributed by atoms with Crippen LogP contribution in [-0.2, 0) is 6.54 Å². The van der Waals surface area contributed by atoms with Crippen LogP contribution in [0.25, 0.3) is 11.0 Å². The Morgan fingerprint density at radius 3 is 2.53 bits per heavy atom. The van der Waals surface area contributed by atoms with Crippen molar-refractivity contribution in [1.82, 2.24) is 14.8 Å². The molecular formula is C24H25N5O. The predicted molar refractivity (Wildman–Crippen MR) is 121 cm³/mol. The summed E-state index contributed by atoms with van der Waals surface area (Å²) in [7, 11) is 3.91. The lowest BCUT2D eigenvalue weighted by atomic mass is 10.1. The van der Waals surface area contributed by atoms with E-state index >= 15 is 0 Å². The molecule has 0 aliphatic heterocycles. The number of hydrogen-bond donors (Lipinski definition) is 1. The number of rotatable bonds is 5. The third-order valence-electron chi connectivity index (χ3n) is 5.07. The van der Waals surface area contributed by atoms with Gasteiger partial charge in [-0.2, -0.15) is 5.10 Å². The number of hydrogen-bond acceptors (Lipinski definition) is 4. The van der Waals surface area contributed by atoms with Crippen molar-refractivity contribution in [2.45, 2.75) is 20.4 Å². The smallest absolute Gasteiger partial charge is 0.256 e. The van der Waals surface area contributed by atoms with Crippen LogP contribution in [0.3, 0.4) is 0 Å². The number of nitrogens with zero attached hydrogens (tertiary/aromatic N) is 4. The molecule has 0 saturated heterocycles. The van der Waals surface area contributed by atoms with Gasteiger partial charge in [-0.05, 0) is 37.6 Å². The highest BCUT2D eigenvalue weighted by Gasteiger charge is 2.17. The van der Waals surface area contributed by atoms with Gasteiger partial charge in [0.05, 0.1) is 35.1 Å². The quantitative estimate of drug-likeness (QED) is 0.540. The molecule has 30 heavy (non-hydrogen) atoms. The van der Waals surface area contributed by atoms with Crippen molar-refractivity contribution in [2.24, 2.45) is 0 Å². The van der Waals surface area contributed by atoms with E-state index in [1.54, 1.807) is 6.20 Å². The maximum atomic E-state index is 13.2. The van der Waals surface area contributed by atoms with Gasteiger partial charge >= 0.3 is 0 Å². The molecule has 0 saturated carbocycles. The predicted octanol–water partition coefficient (Wildman–Crippen LogP) is 4.41. The van der Waals surface area contributed by atoms with E-state index in [0.717, 1.165) is 28.0 Å². The molecular weight excluding hydrogens is 374 g/mol. The van der Waals surface area contributed by atoms with Crippen molar-refractivity contribution in [1.29, 1.82) is 0 Å². The molecule has 152 valence electrons. The molecule has 0 bridgehead atoms. The maximum Gasteiger partial charge on any atom is 0.256 e. The topological polar surface area (TPSA) is 63.1 Å². The highest BCUT2D eigenvalue weighted by atomic mass is 16.1. The summed E-state index contributed by atoms with van der Waals surface area (Å²) < 4.78 is 1.84. The van der Waals surface area contributed by atoms with Crippen LogP contribution in [-0.4, -0.2) is 34.8 Å². The first-order chi connectivity index (χ1) is 14.4. The fraction of sp³-hybridized carbons (Fsp3) is 0.208. The van der Waals surface area contributed by atoms with Crippen LogP contribution in [0.15, 0.2) is 60.8 Å². The van der Waals surface area contributed by atoms with E-state index in [9.17, 15) is 4.79 Å². The first kappa shape index (κ1) is 19.6. The van der Waals surface area contributed by atoms with Crippen LogP contribution < -0.4 is 10.2 Å². The standard InChI is InChI=1S/C24H25N5O/c1-16-9-11-18(12-10-16)15-29-23-20(14-25-29)19(13-17(2)26-23)24(30)27-21-7-5-6-8-22(21)28(3)4/h5-14H,15H2,1-4H3,(H,27,30). The van der Waals surface area contributed by atoms with Crippen LogP contribution in [0.2, 0.25) is 0 Å². The molecule has 0 aliphatic carbocycles.